The van der Waals surface area contributed by atoms with E-state index in [4.69, 9.17) is 4.42 Å². The van der Waals surface area contributed by atoms with Crippen LogP contribution < -0.4 is 10.2 Å². The van der Waals surface area contributed by atoms with E-state index in [-0.39, 0.29) is 31.6 Å². The van der Waals surface area contributed by atoms with Crippen LogP contribution in [0.4, 0.5) is 8.78 Å². The Balaban J connectivity index is 1.55. The molecule has 1 aliphatic heterocycles. The van der Waals surface area contributed by atoms with Crippen molar-refractivity contribution >= 4 is 15.9 Å². The zero-order chi connectivity index (χ0) is 20.3. The van der Waals surface area contributed by atoms with E-state index in [1.54, 1.807) is 12.1 Å². The third-order valence-electron chi connectivity index (χ3n) is 4.70. The van der Waals surface area contributed by atoms with Gasteiger partial charge in [0.25, 0.3) is 5.91 Å². The summed E-state index contributed by atoms with van der Waals surface area (Å²) in [4.78, 5) is 12.4. The average molecular weight is 414 g/mol. The summed E-state index contributed by atoms with van der Waals surface area (Å²) in [5.41, 5.74) is 0. The van der Waals surface area contributed by atoms with E-state index < -0.39 is 26.6 Å². The van der Waals surface area contributed by atoms with Gasteiger partial charge in [0, 0.05) is 0 Å². The Morgan fingerprint density at radius 1 is 1.29 bits per heavy atom. The van der Waals surface area contributed by atoms with Crippen molar-refractivity contribution in [1.82, 2.24) is 9.62 Å². The van der Waals surface area contributed by atoms with Gasteiger partial charge in [-0.15, -0.1) is 0 Å². The standard InChI is InChI=1S/C18H21F2N3O4S/c1-13(16-3-2-10-27-16)21-18(24)12-22-6-8-23(9-7-22)28(25,26)17-11-14(19)4-5-15(17)20/h2-5,10-11,13H,6-9,12H2,1H3,(H,21,24)/p+1/t13-/m0/s1. The normalized spacial score (nSPS) is 17.4. The van der Waals surface area contributed by atoms with Crippen LogP contribution in [-0.2, 0) is 14.8 Å². The molecule has 2 aromatic rings. The van der Waals surface area contributed by atoms with Crippen LogP contribution in [0.2, 0.25) is 0 Å². The minimum Gasteiger partial charge on any atom is -0.467 e. The van der Waals surface area contributed by atoms with Gasteiger partial charge in [-0.05, 0) is 37.3 Å². The van der Waals surface area contributed by atoms with Gasteiger partial charge in [0.1, 0.15) is 22.3 Å². The number of hydrogen-bond donors (Lipinski definition) is 2. The van der Waals surface area contributed by atoms with E-state index in [0.29, 0.717) is 24.9 Å². The summed E-state index contributed by atoms with van der Waals surface area (Å²) < 4.78 is 58.8. The smallest absolute Gasteiger partial charge is 0.275 e. The van der Waals surface area contributed by atoms with Crippen LogP contribution in [0.15, 0.2) is 45.9 Å². The molecule has 0 unspecified atom stereocenters. The quantitative estimate of drug-likeness (QED) is 0.714. The lowest BCUT2D eigenvalue weighted by Crippen LogP contribution is -3.15. The number of quaternary nitrogens is 1. The maximum Gasteiger partial charge on any atom is 0.275 e. The van der Waals surface area contributed by atoms with Crippen LogP contribution in [0.25, 0.3) is 0 Å². The van der Waals surface area contributed by atoms with Crippen LogP contribution in [0.5, 0.6) is 0 Å². The number of piperazine rings is 1. The summed E-state index contributed by atoms with van der Waals surface area (Å²) in [5, 5.41) is 2.83. The first kappa shape index (κ1) is 20.4. The van der Waals surface area contributed by atoms with E-state index in [0.717, 1.165) is 21.3 Å². The van der Waals surface area contributed by atoms with Crippen molar-refractivity contribution in [2.24, 2.45) is 0 Å². The Hall–Kier alpha value is -2.30. The zero-order valence-corrected chi connectivity index (χ0v) is 16.1. The highest BCUT2D eigenvalue weighted by atomic mass is 32.2. The van der Waals surface area contributed by atoms with Gasteiger partial charge < -0.3 is 14.6 Å². The number of halogens is 2. The summed E-state index contributed by atoms with van der Waals surface area (Å²) in [6.07, 6.45) is 1.53. The van der Waals surface area contributed by atoms with E-state index in [1.807, 2.05) is 6.92 Å². The van der Waals surface area contributed by atoms with Gasteiger partial charge in [0.15, 0.2) is 6.54 Å². The van der Waals surface area contributed by atoms with Gasteiger partial charge in [-0.3, -0.25) is 4.79 Å². The van der Waals surface area contributed by atoms with Crippen molar-refractivity contribution in [2.45, 2.75) is 17.9 Å². The van der Waals surface area contributed by atoms with Gasteiger partial charge in [0.05, 0.1) is 38.5 Å². The number of hydrogen-bond acceptors (Lipinski definition) is 4. The van der Waals surface area contributed by atoms with Crippen molar-refractivity contribution in [1.29, 1.82) is 0 Å². The van der Waals surface area contributed by atoms with E-state index in [1.165, 1.54) is 6.26 Å². The van der Waals surface area contributed by atoms with Crippen LogP contribution in [0.1, 0.15) is 18.7 Å². The van der Waals surface area contributed by atoms with Crippen molar-refractivity contribution < 1.29 is 31.3 Å². The lowest BCUT2D eigenvalue weighted by molar-refractivity contribution is -0.895. The van der Waals surface area contributed by atoms with Crippen LogP contribution in [-0.4, -0.2) is 51.4 Å². The third-order valence-corrected chi connectivity index (χ3v) is 6.61. The number of carbonyl (C=O) groups excluding carboxylic acids is 1. The van der Waals surface area contributed by atoms with E-state index in [2.05, 4.69) is 5.32 Å². The topological polar surface area (TPSA) is 84.1 Å². The van der Waals surface area contributed by atoms with Gasteiger partial charge >= 0.3 is 0 Å². The number of carbonyl (C=O) groups is 1. The number of furan rings is 1. The molecule has 0 bridgehead atoms. The van der Waals surface area contributed by atoms with E-state index in [9.17, 15) is 22.0 Å². The minimum absolute atomic E-state index is 0.120. The van der Waals surface area contributed by atoms with Crippen molar-refractivity contribution in [3.05, 3.63) is 54.0 Å². The number of amides is 1. The molecule has 1 saturated heterocycles. The first-order valence-corrected chi connectivity index (χ1v) is 10.3. The van der Waals surface area contributed by atoms with Gasteiger partial charge in [-0.25, -0.2) is 17.2 Å². The second kappa shape index (κ2) is 8.38. The Bertz CT molecular complexity index is 926. The molecule has 0 spiro atoms. The molecule has 1 amide bonds. The molecule has 152 valence electrons. The lowest BCUT2D eigenvalue weighted by atomic mass is 10.2. The molecule has 10 heteroatoms. The largest absolute Gasteiger partial charge is 0.467 e. The fourth-order valence-corrected chi connectivity index (χ4v) is 4.68. The molecule has 1 aromatic heterocycles. The molecule has 0 saturated carbocycles. The Labute approximate surface area is 162 Å². The highest BCUT2D eigenvalue weighted by Gasteiger charge is 2.33. The molecule has 2 N–H and O–H groups in total. The first-order chi connectivity index (χ1) is 13.3. The number of nitrogens with one attached hydrogen (secondary N) is 2. The number of sulfonamides is 1. The summed E-state index contributed by atoms with van der Waals surface area (Å²) in [6.45, 7) is 3.01. The van der Waals surface area contributed by atoms with Crippen molar-refractivity contribution in [3.63, 3.8) is 0 Å². The zero-order valence-electron chi connectivity index (χ0n) is 15.3. The average Bonchev–Trinajstić information content (AvgIpc) is 3.19. The van der Waals surface area contributed by atoms with Crippen molar-refractivity contribution in [2.75, 3.05) is 32.7 Å². The molecule has 1 aliphatic rings. The Morgan fingerprint density at radius 2 is 2.00 bits per heavy atom. The van der Waals surface area contributed by atoms with Gasteiger partial charge in [-0.2, -0.15) is 4.31 Å². The summed E-state index contributed by atoms with van der Waals surface area (Å²) >= 11 is 0. The minimum atomic E-state index is -4.12. The summed E-state index contributed by atoms with van der Waals surface area (Å²) in [6, 6.07) is 5.61. The van der Waals surface area contributed by atoms with Gasteiger partial charge in [0.2, 0.25) is 10.0 Å². The molecule has 1 atom stereocenters. The number of nitrogens with zero attached hydrogens (tertiary/aromatic N) is 1. The second-order valence-corrected chi connectivity index (χ2v) is 8.62. The predicted molar refractivity (Wildman–Crippen MR) is 95.9 cm³/mol. The molecule has 3 rings (SSSR count). The maximum absolute atomic E-state index is 13.9. The summed E-state index contributed by atoms with van der Waals surface area (Å²) in [7, 11) is -4.12. The predicted octanol–water partition coefficient (Wildman–Crippen LogP) is 0.324. The Kier molecular flexibility index (Phi) is 6.11. The highest BCUT2D eigenvalue weighted by molar-refractivity contribution is 7.89. The molecular weight excluding hydrogens is 392 g/mol. The lowest BCUT2D eigenvalue weighted by Gasteiger charge is -2.31. The molecule has 28 heavy (non-hydrogen) atoms. The van der Waals surface area contributed by atoms with Crippen LogP contribution in [0, 0.1) is 11.6 Å². The molecular formula is C18H22F2N3O4S+. The molecule has 1 fully saturated rings. The first-order valence-electron chi connectivity index (χ1n) is 8.89. The highest BCUT2D eigenvalue weighted by Crippen LogP contribution is 2.20. The van der Waals surface area contributed by atoms with E-state index >= 15 is 0 Å². The Morgan fingerprint density at radius 3 is 2.64 bits per heavy atom. The molecule has 0 aliphatic carbocycles. The maximum atomic E-state index is 13.9. The van der Waals surface area contributed by atoms with Crippen molar-refractivity contribution in [3.8, 4) is 0 Å². The second-order valence-electron chi connectivity index (χ2n) is 6.71. The third kappa shape index (κ3) is 4.57. The summed E-state index contributed by atoms with van der Waals surface area (Å²) in [5.74, 6) is -1.32. The fraction of sp³-hybridized carbons (Fsp3) is 0.389. The SMILES string of the molecule is C[C@H](NC(=O)C[NH+]1CCN(S(=O)(=O)c2cc(F)ccc2F)CC1)c1ccco1. The molecule has 7 nitrogen and oxygen atoms in total. The monoisotopic (exact) mass is 414 g/mol. The number of rotatable bonds is 6. The molecule has 2 heterocycles. The molecule has 0 radical (unpaired) electrons. The van der Waals surface area contributed by atoms with Crippen LogP contribution >= 0.6 is 0 Å². The fourth-order valence-electron chi connectivity index (χ4n) is 3.16. The van der Waals surface area contributed by atoms with Gasteiger partial charge in [-0.1, -0.05) is 0 Å². The van der Waals surface area contributed by atoms with Crippen LogP contribution in [0.3, 0.4) is 0 Å². The molecule has 1 aromatic carbocycles. The number of benzene rings is 1.